The van der Waals surface area contributed by atoms with Gasteiger partial charge in [0.1, 0.15) is 12.4 Å². The summed E-state index contributed by atoms with van der Waals surface area (Å²) in [6.45, 7) is -0.803. The molecular formula is C14H13F2N3O6. The lowest BCUT2D eigenvalue weighted by molar-refractivity contribution is 0.0415. The zero-order valence-corrected chi connectivity index (χ0v) is 13.2. The number of likely N-dealkylation sites (N-methyl/N-ethyl adjacent to an activating group) is 1. The molecule has 2 aliphatic heterocycles. The number of anilines is 2. The second-order valence-corrected chi connectivity index (χ2v) is 5.47. The van der Waals surface area contributed by atoms with Gasteiger partial charge in [-0.05, 0) is 0 Å². The third kappa shape index (κ3) is 2.57. The number of halogens is 2. The molecule has 0 bridgehead atoms. The number of carboxylic acid groups (broad SMARTS) is 1. The minimum atomic E-state index is -1.34. The summed E-state index contributed by atoms with van der Waals surface area (Å²) in [5.74, 6) is -1.88. The molecule has 3 amide bonds. The monoisotopic (exact) mass is 357 g/mol. The first-order valence-electron chi connectivity index (χ1n) is 7.07. The molecule has 25 heavy (non-hydrogen) atoms. The highest BCUT2D eigenvalue weighted by Crippen LogP contribution is 2.37. The van der Waals surface area contributed by atoms with Crippen LogP contribution >= 0.6 is 0 Å². The molecule has 134 valence electrons. The molecule has 2 aliphatic rings. The molecule has 0 spiro atoms. The predicted molar refractivity (Wildman–Crippen MR) is 78.3 cm³/mol. The number of rotatable bonds is 2. The van der Waals surface area contributed by atoms with E-state index in [9.17, 15) is 23.2 Å². The van der Waals surface area contributed by atoms with Crippen molar-refractivity contribution >= 4 is 29.7 Å². The van der Waals surface area contributed by atoms with Crippen molar-refractivity contribution in [2.45, 2.75) is 12.8 Å². The molecule has 0 radical (unpaired) electrons. The Labute approximate surface area is 139 Å². The van der Waals surface area contributed by atoms with Crippen molar-refractivity contribution in [1.29, 1.82) is 0 Å². The molecular weight excluding hydrogens is 344 g/mol. The molecule has 1 fully saturated rings. The van der Waals surface area contributed by atoms with Crippen LogP contribution in [0.1, 0.15) is 5.56 Å². The van der Waals surface area contributed by atoms with Gasteiger partial charge >= 0.3 is 18.3 Å². The van der Waals surface area contributed by atoms with E-state index in [0.717, 1.165) is 20.8 Å². The first-order chi connectivity index (χ1) is 11.7. The van der Waals surface area contributed by atoms with Gasteiger partial charge in [0.2, 0.25) is 0 Å². The summed E-state index contributed by atoms with van der Waals surface area (Å²) < 4.78 is 38.8. The van der Waals surface area contributed by atoms with Crippen molar-refractivity contribution in [3.8, 4) is 0 Å². The van der Waals surface area contributed by atoms with Gasteiger partial charge in [0, 0.05) is 20.2 Å². The average molecular weight is 357 g/mol. The number of fused-ring (bicyclic) bond motifs is 1. The molecule has 1 saturated heterocycles. The van der Waals surface area contributed by atoms with Crippen molar-refractivity contribution < 1.29 is 37.7 Å². The number of hydrogen-bond acceptors (Lipinski definition) is 5. The van der Waals surface area contributed by atoms with Gasteiger partial charge in [0.25, 0.3) is 0 Å². The van der Waals surface area contributed by atoms with Gasteiger partial charge in [-0.2, -0.15) is 0 Å². The summed E-state index contributed by atoms with van der Waals surface area (Å²) in [4.78, 5) is 36.7. The van der Waals surface area contributed by atoms with E-state index >= 15 is 0 Å². The molecule has 0 aliphatic carbocycles. The summed E-state index contributed by atoms with van der Waals surface area (Å²) in [6, 6.07) is 0.758. The van der Waals surface area contributed by atoms with E-state index in [1.807, 2.05) is 0 Å². The van der Waals surface area contributed by atoms with E-state index in [0.29, 0.717) is 0 Å². The normalized spacial score (nSPS) is 19.4. The molecule has 2 heterocycles. The zero-order valence-electron chi connectivity index (χ0n) is 13.2. The number of carbonyl (C=O) groups excluding carboxylic acids is 2. The van der Waals surface area contributed by atoms with Crippen molar-refractivity contribution in [2.24, 2.45) is 0 Å². The molecule has 1 aromatic carbocycles. The lowest BCUT2D eigenvalue weighted by Gasteiger charge is -2.28. The van der Waals surface area contributed by atoms with E-state index in [1.54, 1.807) is 0 Å². The fourth-order valence-electron chi connectivity index (χ4n) is 2.64. The Morgan fingerprint density at radius 2 is 2.04 bits per heavy atom. The maximum atomic E-state index is 14.8. The second kappa shape index (κ2) is 5.76. The van der Waals surface area contributed by atoms with Crippen LogP contribution in [-0.4, -0.2) is 55.2 Å². The topological polar surface area (TPSA) is 99.6 Å². The Bertz CT molecular complexity index is 786. The molecule has 1 N–H and O–H groups in total. The second-order valence-electron chi connectivity index (χ2n) is 5.47. The fraction of sp³-hybridized carbons (Fsp3) is 0.357. The summed E-state index contributed by atoms with van der Waals surface area (Å²) in [7, 11) is 2.41. The van der Waals surface area contributed by atoms with Crippen LogP contribution in [0.2, 0.25) is 0 Å². The van der Waals surface area contributed by atoms with Crippen LogP contribution in [0.5, 0.6) is 0 Å². The van der Waals surface area contributed by atoms with E-state index in [4.69, 9.17) is 14.6 Å². The van der Waals surface area contributed by atoms with Gasteiger partial charge in [-0.3, -0.25) is 14.7 Å². The highest BCUT2D eigenvalue weighted by molar-refractivity contribution is 5.94. The van der Waals surface area contributed by atoms with Crippen LogP contribution in [0.25, 0.3) is 0 Å². The van der Waals surface area contributed by atoms with Gasteiger partial charge in [0.15, 0.2) is 12.0 Å². The molecule has 1 unspecified atom stereocenters. The zero-order chi connectivity index (χ0) is 18.5. The summed E-state index contributed by atoms with van der Waals surface area (Å²) in [5, 5.41) is 8.92. The number of hydrogen-bond donors (Lipinski definition) is 1. The quantitative estimate of drug-likeness (QED) is 0.868. The smallest absolute Gasteiger partial charge is 0.416 e. The first-order valence-corrected chi connectivity index (χ1v) is 7.07. The highest BCUT2D eigenvalue weighted by atomic mass is 19.1. The SMILES string of the molecule is CN1C(=O)OCc2c(F)c(N3CC(N(C)C(=O)O)OC3=O)cc(F)c21. The maximum Gasteiger partial charge on any atom is 0.416 e. The molecule has 1 atom stereocenters. The Kier molecular flexibility index (Phi) is 3.85. The third-order valence-electron chi connectivity index (χ3n) is 4.04. The van der Waals surface area contributed by atoms with E-state index in [-0.39, 0.29) is 17.8 Å². The summed E-state index contributed by atoms with van der Waals surface area (Å²) >= 11 is 0. The third-order valence-corrected chi connectivity index (χ3v) is 4.04. The highest BCUT2D eigenvalue weighted by Gasteiger charge is 2.40. The molecule has 3 rings (SSSR count). The number of amides is 3. The largest absolute Gasteiger partial charge is 0.465 e. The van der Waals surface area contributed by atoms with Gasteiger partial charge in [-0.1, -0.05) is 0 Å². The fourth-order valence-corrected chi connectivity index (χ4v) is 2.64. The Morgan fingerprint density at radius 1 is 1.36 bits per heavy atom. The van der Waals surface area contributed by atoms with Crippen LogP contribution in [0.4, 0.5) is 34.5 Å². The molecule has 1 aromatic rings. The Hall–Kier alpha value is -3.11. The number of cyclic esters (lactones) is 2. The van der Waals surface area contributed by atoms with E-state index in [1.165, 1.54) is 14.1 Å². The molecule has 0 saturated carbocycles. The number of carbonyl (C=O) groups is 3. The Morgan fingerprint density at radius 3 is 2.68 bits per heavy atom. The molecule has 9 nitrogen and oxygen atoms in total. The van der Waals surface area contributed by atoms with Crippen LogP contribution in [0.3, 0.4) is 0 Å². The predicted octanol–water partition coefficient (Wildman–Crippen LogP) is 1.94. The van der Waals surface area contributed by atoms with Crippen LogP contribution in [0.15, 0.2) is 6.07 Å². The number of benzene rings is 1. The number of ether oxygens (including phenoxy) is 2. The van der Waals surface area contributed by atoms with Crippen molar-refractivity contribution in [3.63, 3.8) is 0 Å². The first kappa shape index (κ1) is 16.7. The minimum absolute atomic E-state index is 0.222. The lowest BCUT2D eigenvalue weighted by Crippen LogP contribution is -2.39. The van der Waals surface area contributed by atoms with Gasteiger partial charge in [-0.25, -0.2) is 23.2 Å². The van der Waals surface area contributed by atoms with Crippen LogP contribution in [0, 0.1) is 11.6 Å². The van der Waals surface area contributed by atoms with Crippen LogP contribution < -0.4 is 9.80 Å². The van der Waals surface area contributed by atoms with Crippen molar-refractivity contribution in [1.82, 2.24) is 4.90 Å². The standard InChI is InChI=1S/C14H13F2N3O6/c1-17(12(20)21)9-4-19(14(23)25-9)8-3-7(15)11-6(10(8)16)5-24-13(22)18(11)2/h3,9H,4-5H2,1-2H3,(H,20,21). The molecule has 11 heteroatoms. The average Bonchev–Trinajstić information content (AvgIpc) is 2.94. The van der Waals surface area contributed by atoms with Crippen molar-refractivity contribution in [2.75, 3.05) is 30.4 Å². The van der Waals surface area contributed by atoms with Gasteiger partial charge in [0.05, 0.1) is 23.5 Å². The van der Waals surface area contributed by atoms with Crippen LogP contribution in [-0.2, 0) is 16.1 Å². The number of nitrogens with zero attached hydrogens (tertiary/aromatic N) is 3. The van der Waals surface area contributed by atoms with Gasteiger partial charge in [-0.15, -0.1) is 0 Å². The summed E-state index contributed by atoms with van der Waals surface area (Å²) in [5.41, 5.74) is -0.918. The van der Waals surface area contributed by atoms with Crippen molar-refractivity contribution in [3.05, 3.63) is 23.3 Å². The van der Waals surface area contributed by atoms with E-state index < -0.39 is 48.4 Å². The molecule has 0 aromatic heterocycles. The van der Waals surface area contributed by atoms with Gasteiger partial charge < -0.3 is 14.6 Å². The summed E-state index contributed by atoms with van der Waals surface area (Å²) in [6.07, 6.45) is -4.35. The maximum absolute atomic E-state index is 14.8. The lowest BCUT2D eigenvalue weighted by atomic mass is 10.1. The minimum Gasteiger partial charge on any atom is -0.465 e. The van der Waals surface area contributed by atoms with E-state index in [2.05, 4.69) is 0 Å². The Balaban J connectivity index is 1.99.